The Kier molecular flexibility index (Phi) is 2.93. The van der Waals surface area contributed by atoms with Gasteiger partial charge in [0.1, 0.15) is 5.56 Å². The van der Waals surface area contributed by atoms with Crippen LogP contribution in [0.4, 0.5) is 18.9 Å². The zero-order valence-corrected chi connectivity index (χ0v) is 12.3. The molecule has 0 saturated heterocycles. The molecule has 2 heterocycles. The van der Waals surface area contributed by atoms with Crippen LogP contribution < -0.4 is 5.32 Å². The number of nitrogens with zero attached hydrogens (tertiary/aromatic N) is 2. The molecule has 0 atom stereocenters. The third-order valence-electron chi connectivity index (χ3n) is 4.01. The average molecular weight is 347 g/mol. The number of hydrogen-bond donors (Lipinski definition) is 2. The van der Waals surface area contributed by atoms with E-state index in [1.165, 1.54) is 12.1 Å². The highest BCUT2D eigenvalue weighted by molar-refractivity contribution is 6.25. The van der Waals surface area contributed by atoms with Crippen molar-refractivity contribution in [3.63, 3.8) is 0 Å². The molecule has 3 aromatic rings. The number of carbonyl (C=O) groups is 2. The number of rotatable bonds is 2. The topological polar surface area (TPSA) is 84.2 Å². The fourth-order valence-corrected chi connectivity index (χ4v) is 3.02. The van der Waals surface area contributed by atoms with Crippen molar-refractivity contribution in [2.75, 3.05) is 5.32 Å². The Morgan fingerprint density at radius 1 is 1.20 bits per heavy atom. The lowest BCUT2D eigenvalue weighted by Crippen LogP contribution is -2.17. The van der Waals surface area contributed by atoms with Crippen molar-refractivity contribution in [1.29, 1.82) is 0 Å². The molecule has 1 aromatic heterocycles. The molecule has 1 aliphatic heterocycles. The van der Waals surface area contributed by atoms with Gasteiger partial charge in [-0.25, -0.2) is 9.48 Å². The van der Waals surface area contributed by atoms with Gasteiger partial charge in [-0.1, -0.05) is 12.1 Å². The zero-order valence-electron chi connectivity index (χ0n) is 12.3. The second-order valence-corrected chi connectivity index (χ2v) is 5.44. The van der Waals surface area contributed by atoms with Crippen molar-refractivity contribution in [3.8, 4) is 5.69 Å². The lowest BCUT2D eigenvalue weighted by molar-refractivity contribution is -0.143. The number of amides is 1. The normalized spacial score (nSPS) is 13.3. The maximum atomic E-state index is 13.4. The van der Waals surface area contributed by atoms with Gasteiger partial charge in [0.25, 0.3) is 5.91 Å². The Labute approximate surface area is 137 Å². The summed E-state index contributed by atoms with van der Waals surface area (Å²) in [5.74, 6) is -2.07. The maximum absolute atomic E-state index is 13.4. The molecule has 1 aliphatic rings. The van der Waals surface area contributed by atoms with Gasteiger partial charge in [0.2, 0.25) is 0 Å². The number of aromatic carboxylic acids is 1. The zero-order chi connectivity index (χ0) is 17.9. The highest BCUT2D eigenvalue weighted by atomic mass is 19.4. The molecule has 2 aromatic carbocycles. The fourth-order valence-electron chi connectivity index (χ4n) is 3.02. The van der Waals surface area contributed by atoms with Crippen molar-refractivity contribution < 1.29 is 27.9 Å². The smallest absolute Gasteiger partial charge is 0.434 e. The molecule has 25 heavy (non-hydrogen) atoms. The van der Waals surface area contributed by atoms with E-state index >= 15 is 0 Å². The number of nitrogens with one attached hydrogen (secondary N) is 1. The number of carboxylic acids is 1. The Morgan fingerprint density at radius 2 is 1.96 bits per heavy atom. The summed E-state index contributed by atoms with van der Waals surface area (Å²) < 4.78 is 40.8. The minimum Gasteiger partial charge on any atom is -0.478 e. The molecule has 1 amide bonds. The molecule has 9 heteroatoms. The molecular weight excluding hydrogens is 339 g/mol. The summed E-state index contributed by atoms with van der Waals surface area (Å²) in [4.78, 5) is 23.1. The van der Waals surface area contributed by atoms with Crippen LogP contribution in [0.3, 0.4) is 0 Å². The van der Waals surface area contributed by atoms with Gasteiger partial charge in [-0.3, -0.25) is 4.79 Å². The minimum atomic E-state index is -4.92. The van der Waals surface area contributed by atoms with E-state index in [1.807, 2.05) is 0 Å². The van der Waals surface area contributed by atoms with Gasteiger partial charge < -0.3 is 10.4 Å². The number of aromatic nitrogens is 2. The number of halogens is 3. The molecule has 0 spiro atoms. The molecule has 126 valence electrons. The van der Waals surface area contributed by atoms with Crippen molar-refractivity contribution in [1.82, 2.24) is 9.78 Å². The third kappa shape index (κ3) is 2.09. The van der Waals surface area contributed by atoms with Crippen molar-refractivity contribution in [2.24, 2.45) is 0 Å². The molecule has 0 radical (unpaired) electrons. The molecule has 6 nitrogen and oxygen atoms in total. The van der Waals surface area contributed by atoms with Gasteiger partial charge in [-0.05, 0) is 18.2 Å². The van der Waals surface area contributed by atoms with E-state index in [-0.39, 0.29) is 11.6 Å². The van der Waals surface area contributed by atoms with E-state index in [2.05, 4.69) is 10.4 Å². The summed E-state index contributed by atoms with van der Waals surface area (Å²) in [6, 6.07) is 7.49. The molecule has 4 rings (SSSR count). The SMILES string of the molecule is O=C(O)c1cnn(-c2ccc3c4c(cccc24)NC3=O)c1C(F)(F)F. The van der Waals surface area contributed by atoms with Crippen LogP contribution in [0, 0.1) is 0 Å². The first-order valence-corrected chi connectivity index (χ1v) is 7.05. The predicted octanol–water partition coefficient (Wildman–Crippen LogP) is 3.31. The van der Waals surface area contributed by atoms with Crippen LogP contribution >= 0.6 is 0 Å². The van der Waals surface area contributed by atoms with Crippen molar-refractivity contribution >= 4 is 28.3 Å². The summed E-state index contributed by atoms with van der Waals surface area (Å²) in [5, 5.41) is 16.1. The van der Waals surface area contributed by atoms with Crippen LogP contribution in [-0.2, 0) is 6.18 Å². The van der Waals surface area contributed by atoms with Crippen LogP contribution in [0.5, 0.6) is 0 Å². The molecule has 0 aliphatic carbocycles. The fraction of sp³-hybridized carbons (Fsp3) is 0.0625. The second-order valence-electron chi connectivity index (χ2n) is 5.44. The maximum Gasteiger partial charge on any atom is 0.434 e. The Hall–Kier alpha value is -3.36. The van der Waals surface area contributed by atoms with E-state index in [0.29, 0.717) is 32.9 Å². The van der Waals surface area contributed by atoms with E-state index in [4.69, 9.17) is 5.11 Å². The number of carbonyl (C=O) groups excluding carboxylic acids is 1. The number of anilines is 1. The quantitative estimate of drug-likeness (QED) is 0.745. The van der Waals surface area contributed by atoms with E-state index in [0.717, 1.165) is 0 Å². The van der Waals surface area contributed by atoms with Crippen molar-refractivity contribution in [3.05, 3.63) is 53.3 Å². The molecular formula is C16H8F3N3O3. The van der Waals surface area contributed by atoms with Gasteiger partial charge in [-0.15, -0.1) is 0 Å². The number of hydrogen-bond acceptors (Lipinski definition) is 3. The van der Waals surface area contributed by atoms with Crippen LogP contribution in [0.2, 0.25) is 0 Å². The van der Waals surface area contributed by atoms with Gasteiger partial charge in [-0.2, -0.15) is 18.3 Å². The first kappa shape index (κ1) is 15.2. The number of alkyl halides is 3. The molecule has 0 fully saturated rings. The van der Waals surface area contributed by atoms with Crippen LogP contribution in [0.25, 0.3) is 16.5 Å². The second kappa shape index (κ2) is 4.82. The third-order valence-corrected chi connectivity index (χ3v) is 4.01. The van der Waals surface area contributed by atoms with Gasteiger partial charge in [0.15, 0.2) is 5.69 Å². The van der Waals surface area contributed by atoms with Gasteiger partial charge in [0, 0.05) is 22.0 Å². The lowest BCUT2D eigenvalue weighted by Gasteiger charge is -2.14. The lowest BCUT2D eigenvalue weighted by atomic mass is 10.0. The van der Waals surface area contributed by atoms with Crippen LogP contribution in [-0.4, -0.2) is 26.8 Å². The molecule has 0 bridgehead atoms. The van der Waals surface area contributed by atoms with Crippen LogP contribution in [0.15, 0.2) is 36.5 Å². The highest BCUT2D eigenvalue weighted by Crippen LogP contribution is 2.39. The summed E-state index contributed by atoms with van der Waals surface area (Å²) in [6.45, 7) is 0. The molecule has 2 N–H and O–H groups in total. The average Bonchev–Trinajstić information content (AvgIpc) is 3.11. The van der Waals surface area contributed by atoms with E-state index in [1.54, 1.807) is 18.2 Å². The van der Waals surface area contributed by atoms with Crippen molar-refractivity contribution in [2.45, 2.75) is 6.18 Å². The summed E-state index contributed by atoms with van der Waals surface area (Å²) in [5.41, 5.74) is -1.45. The first-order chi connectivity index (χ1) is 11.8. The Balaban J connectivity index is 2.07. The number of benzene rings is 2. The van der Waals surface area contributed by atoms with E-state index < -0.39 is 23.4 Å². The summed E-state index contributed by atoms with van der Waals surface area (Å²) in [7, 11) is 0. The minimum absolute atomic E-state index is 0.0388. The summed E-state index contributed by atoms with van der Waals surface area (Å²) >= 11 is 0. The standard InChI is InChI=1S/C16H8F3N3O3/c17-16(18,19)13-9(15(24)25)6-20-22(13)11-5-4-8-12-7(11)2-1-3-10(12)21-14(8)23/h1-6H,(H,21,23)(H,24,25). The van der Waals surface area contributed by atoms with Crippen LogP contribution in [0.1, 0.15) is 26.4 Å². The Bertz CT molecular complexity index is 1070. The van der Waals surface area contributed by atoms with E-state index in [9.17, 15) is 22.8 Å². The number of carboxylic acid groups (broad SMARTS) is 1. The predicted molar refractivity (Wildman–Crippen MR) is 81.0 cm³/mol. The largest absolute Gasteiger partial charge is 0.478 e. The van der Waals surface area contributed by atoms with Gasteiger partial charge in [0.05, 0.1) is 11.9 Å². The van der Waals surface area contributed by atoms with Gasteiger partial charge >= 0.3 is 12.1 Å². The Morgan fingerprint density at radius 3 is 2.64 bits per heavy atom. The summed E-state index contributed by atoms with van der Waals surface area (Å²) in [6.07, 6.45) is -4.25. The monoisotopic (exact) mass is 347 g/mol. The molecule has 0 saturated carbocycles. The first-order valence-electron chi connectivity index (χ1n) is 7.05. The molecule has 0 unspecified atom stereocenters. The highest BCUT2D eigenvalue weighted by Gasteiger charge is 2.41.